The van der Waals surface area contributed by atoms with Crippen molar-refractivity contribution >= 4 is 45.1 Å². The molecule has 0 aliphatic heterocycles. The summed E-state index contributed by atoms with van der Waals surface area (Å²) in [7, 11) is 1.61. The lowest BCUT2D eigenvalue weighted by Gasteiger charge is -2.11. The average molecular weight is 440 g/mol. The lowest BCUT2D eigenvalue weighted by atomic mass is 10.1. The van der Waals surface area contributed by atoms with Crippen molar-refractivity contribution in [2.24, 2.45) is 7.05 Å². The normalized spacial score (nSPS) is 10.8. The SMILES string of the molecule is Cn1c(=O)cc(C(=O)Nc2cc(F)c(I)c(F)c2)c2ccccc21. The summed E-state index contributed by atoms with van der Waals surface area (Å²) in [5, 5.41) is 3.01. The fourth-order valence-electron chi connectivity index (χ4n) is 2.42. The summed E-state index contributed by atoms with van der Waals surface area (Å²) in [5.74, 6) is -2.14. The first-order valence-corrected chi connectivity index (χ1v) is 8.01. The van der Waals surface area contributed by atoms with Gasteiger partial charge in [0.1, 0.15) is 11.6 Å². The van der Waals surface area contributed by atoms with Gasteiger partial charge in [-0.1, -0.05) is 18.2 Å². The highest BCUT2D eigenvalue weighted by molar-refractivity contribution is 14.1. The number of carbonyl (C=O) groups excluding carboxylic acids is 1. The number of rotatable bonds is 2. The monoisotopic (exact) mass is 440 g/mol. The van der Waals surface area contributed by atoms with Gasteiger partial charge in [-0.15, -0.1) is 0 Å². The van der Waals surface area contributed by atoms with Crippen molar-refractivity contribution < 1.29 is 13.6 Å². The van der Waals surface area contributed by atoms with Crippen LogP contribution in [-0.4, -0.2) is 10.5 Å². The molecule has 3 aromatic rings. The molecule has 122 valence electrons. The first kappa shape index (κ1) is 16.6. The van der Waals surface area contributed by atoms with Crippen molar-refractivity contribution in [3.8, 4) is 0 Å². The lowest BCUT2D eigenvalue weighted by Crippen LogP contribution is -2.21. The maximum absolute atomic E-state index is 13.6. The third-order valence-electron chi connectivity index (χ3n) is 3.64. The molecule has 7 heteroatoms. The largest absolute Gasteiger partial charge is 0.322 e. The summed E-state index contributed by atoms with van der Waals surface area (Å²) in [4.78, 5) is 24.5. The van der Waals surface area contributed by atoms with E-state index in [1.807, 2.05) is 0 Å². The maximum Gasteiger partial charge on any atom is 0.256 e. The van der Waals surface area contributed by atoms with Crippen LogP contribution in [0.25, 0.3) is 10.9 Å². The highest BCUT2D eigenvalue weighted by atomic mass is 127. The molecule has 0 aliphatic carbocycles. The first-order valence-electron chi connectivity index (χ1n) is 6.93. The van der Waals surface area contributed by atoms with Gasteiger partial charge in [-0.2, -0.15) is 0 Å². The molecular weight excluding hydrogens is 429 g/mol. The Bertz CT molecular complexity index is 1010. The second-order valence-electron chi connectivity index (χ2n) is 5.18. The molecule has 0 atom stereocenters. The van der Waals surface area contributed by atoms with E-state index in [0.29, 0.717) is 10.9 Å². The van der Waals surface area contributed by atoms with Crippen molar-refractivity contribution in [1.82, 2.24) is 4.57 Å². The zero-order valence-electron chi connectivity index (χ0n) is 12.4. The Morgan fingerprint density at radius 3 is 2.42 bits per heavy atom. The number of pyridine rings is 1. The molecular formula is C17H11F2IN2O2. The van der Waals surface area contributed by atoms with Crippen molar-refractivity contribution in [3.63, 3.8) is 0 Å². The van der Waals surface area contributed by atoms with Gasteiger partial charge in [0.25, 0.3) is 11.5 Å². The van der Waals surface area contributed by atoms with Crippen LogP contribution in [0.2, 0.25) is 0 Å². The van der Waals surface area contributed by atoms with Gasteiger partial charge < -0.3 is 9.88 Å². The van der Waals surface area contributed by atoms with Crippen molar-refractivity contribution in [1.29, 1.82) is 0 Å². The third-order valence-corrected chi connectivity index (χ3v) is 4.67. The van der Waals surface area contributed by atoms with Gasteiger partial charge in [0.05, 0.1) is 14.7 Å². The predicted molar refractivity (Wildman–Crippen MR) is 96.2 cm³/mol. The van der Waals surface area contributed by atoms with Crippen LogP contribution in [0.5, 0.6) is 0 Å². The number of nitrogens with one attached hydrogen (secondary N) is 1. The summed E-state index contributed by atoms with van der Waals surface area (Å²) < 4.78 is 28.5. The van der Waals surface area contributed by atoms with Crippen LogP contribution in [0.15, 0.2) is 47.3 Å². The van der Waals surface area contributed by atoms with Crippen molar-refractivity contribution in [3.05, 3.63) is 73.6 Å². The number of hydrogen-bond donors (Lipinski definition) is 1. The molecule has 1 N–H and O–H groups in total. The number of halogens is 3. The first-order chi connectivity index (χ1) is 11.4. The molecule has 0 saturated heterocycles. The second kappa shape index (κ2) is 6.31. The van der Waals surface area contributed by atoms with Gasteiger partial charge in [0.15, 0.2) is 0 Å². The number of carbonyl (C=O) groups is 1. The van der Waals surface area contributed by atoms with E-state index in [2.05, 4.69) is 5.32 Å². The van der Waals surface area contributed by atoms with E-state index in [1.54, 1.807) is 53.9 Å². The van der Waals surface area contributed by atoms with E-state index in [1.165, 1.54) is 10.6 Å². The summed E-state index contributed by atoms with van der Waals surface area (Å²) in [6.45, 7) is 0. The molecule has 0 fully saturated rings. The topological polar surface area (TPSA) is 51.1 Å². The Labute approximate surface area is 149 Å². The molecule has 3 rings (SSSR count). The number of aryl methyl sites for hydroxylation is 1. The number of amides is 1. The fourth-order valence-corrected chi connectivity index (χ4v) is 2.74. The molecule has 0 unspecified atom stereocenters. The number of para-hydroxylation sites is 1. The Morgan fingerprint density at radius 1 is 1.12 bits per heavy atom. The van der Waals surface area contributed by atoms with Gasteiger partial charge in [0.2, 0.25) is 0 Å². The minimum atomic E-state index is -0.764. The van der Waals surface area contributed by atoms with Crippen LogP contribution in [0.1, 0.15) is 10.4 Å². The van der Waals surface area contributed by atoms with Crippen LogP contribution in [0.3, 0.4) is 0 Å². The molecule has 0 radical (unpaired) electrons. The molecule has 0 aliphatic rings. The Kier molecular flexibility index (Phi) is 4.35. The van der Waals surface area contributed by atoms with Crippen molar-refractivity contribution in [2.45, 2.75) is 0 Å². The van der Waals surface area contributed by atoms with E-state index in [0.717, 1.165) is 12.1 Å². The molecule has 0 saturated carbocycles. The zero-order valence-corrected chi connectivity index (χ0v) is 14.6. The molecule has 0 bridgehead atoms. The van der Waals surface area contributed by atoms with Gasteiger partial charge in [-0.3, -0.25) is 9.59 Å². The molecule has 1 amide bonds. The van der Waals surface area contributed by atoms with E-state index < -0.39 is 17.5 Å². The molecule has 1 aromatic heterocycles. The maximum atomic E-state index is 13.6. The highest BCUT2D eigenvalue weighted by Crippen LogP contribution is 2.22. The van der Waals surface area contributed by atoms with E-state index >= 15 is 0 Å². The minimum Gasteiger partial charge on any atom is -0.322 e. The molecule has 24 heavy (non-hydrogen) atoms. The summed E-state index contributed by atoms with van der Waals surface area (Å²) in [6.07, 6.45) is 0. The number of anilines is 1. The van der Waals surface area contributed by atoms with Crippen LogP contribution >= 0.6 is 22.6 Å². The van der Waals surface area contributed by atoms with Gasteiger partial charge in [-0.05, 0) is 40.8 Å². The Morgan fingerprint density at radius 2 is 1.75 bits per heavy atom. The van der Waals surface area contributed by atoms with Gasteiger partial charge in [0, 0.05) is 24.2 Å². The van der Waals surface area contributed by atoms with E-state index in [-0.39, 0.29) is 20.4 Å². The van der Waals surface area contributed by atoms with Crippen molar-refractivity contribution in [2.75, 3.05) is 5.32 Å². The standard InChI is InChI=1S/C17H11F2IN2O2/c1-22-14-5-3-2-4-10(14)11(8-15(22)23)17(24)21-9-6-12(18)16(20)13(19)7-9/h2-8H,1H3,(H,21,24). The average Bonchev–Trinajstić information content (AvgIpc) is 2.55. The number of hydrogen-bond acceptors (Lipinski definition) is 2. The Hall–Kier alpha value is -2.29. The summed E-state index contributed by atoms with van der Waals surface area (Å²) in [5.41, 5.74) is 0.377. The second-order valence-corrected chi connectivity index (χ2v) is 6.26. The van der Waals surface area contributed by atoms with Crippen LogP contribution in [0, 0.1) is 15.2 Å². The number of fused-ring (bicyclic) bond motifs is 1. The zero-order chi connectivity index (χ0) is 17.4. The molecule has 0 spiro atoms. The number of benzene rings is 2. The number of aromatic nitrogens is 1. The lowest BCUT2D eigenvalue weighted by molar-refractivity contribution is 0.102. The third kappa shape index (κ3) is 2.91. The molecule has 4 nitrogen and oxygen atoms in total. The smallest absolute Gasteiger partial charge is 0.256 e. The highest BCUT2D eigenvalue weighted by Gasteiger charge is 2.15. The van der Waals surface area contributed by atoms with E-state index in [4.69, 9.17) is 0 Å². The summed E-state index contributed by atoms with van der Waals surface area (Å²) in [6, 6.07) is 10.2. The summed E-state index contributed by atoms with van der Waals surface area (Å²) >= 11 is 1.54. The quantitative estimate of drug-likeness (QED) is 0.489. The van der Waals surface area contributed by atoms with Gasteiger partial charge in [-0.25, -0.2) is 8.78 Å². The Balaban J connectivity index is 2.07. The molecule has 1 heterocycles. The van der Waals surface area contributed by atoms with Gasteiger partial charge >= 0.3 is 0 Å². The predicted octanol–water partition coefficient (Wildman–Crippen LogP) is 3.67. The van der Waals surface area contributed by atoms with Crippen LogP contribution in [0.4, 0.5) is 14.5 Å². The van der Waals surface area contributed by atoms with Crippen LogP contribution in [-0.2, 0) is 7.05 Å². The fraction of sp³-hybridized carbons (Fsp3) is 0.0588. The molecule has 2 aromatic carbocycles. The minimum absolute atomic E-state index is 0.0137. The number of nitrogens with zero attached hydrogens (tertiary/aromatic N) is 1. The van der Waals surface area contributed by atoms with E-state index in [9.17, 15) is 18.4 Å². The van der Waals surface area contributed by atoms with Crippen LogP contribution < -0.4 is 10.9 Å².